The average molecular weight is 717 g/mol. The highest BCUT2D eigenvalue weighted by atomic mass is 16.3. The van der Waals surface area contributed by atoms with Crippen LogP contribution in [0.5, 0.6) is 0 Å². The first kappa shape index (κ1) is 30.9. The molecular formula is C52H32N2O2. The molecule has 0 aliphatic carbocycles. The number of nitrogens with zero attached hydrogens (tertiary/aromatic N) is 2. The van der Waals surface area contributed by atoms with E-state index >= 15 is 0 Å². The molecule has 4 nitrogen and oxygen atoms in total. The Morgan fingerprint density at radius 3 is 1.82 bits per heavy atom. The van der Waals surface area contributed by atoms with Crippen LogP contribution in [0.2, 0.25) is 0 Å². The first-order chi connectivity index (χ1) is 27.8. The molecule has 0 aliphatic rings. The van der Waals surface area contributed by atoms with E-state index in [4.69, 9.17) is 8.83 Å². The van der Waals surface area contributed by atoms with Gasteiger partial charge in [-0.25, -0.2) is 0 Å². The molecule has 3 aromatic heterocycles. The van der Waals surface area contributed by atoms with Crippen LogP contribution in [0, 0.1) is 0 Å². The summed E-state index contributed by atoms with van der Waals surface area (Å²) in [7, 11) is 0. The summed E-state index contributed by atoms with van der Waals surface area (Å²) in [4.78, 5) is 2.31. The van der Waals surface area contributed by atoms with E-state index < -0.39 is 0 Å². The molecule has 0 unspecified atom stereocenters. The zero-order valence-electron chi connectivity index (χ0n) is 30.2. The molecule has 0 aliphatic heterocycles. The van der Waals surface area contributed by atoms with Crippen LogP contribution in [-0.4, -0.2) is 4.57 Å². The van der Waals surface area contributed by atoms with Crippen molar-refractivity contribution < 1.29 is 8.83 Å². The van der Waals surface area contributed by atoms with Gasteiger partial charge in [0.25, 0.3) is 0 Å². The van der Waals surface area contributed by atoms with Gasteiger partial charge in [0.15, 0.2) is 0 Å². The molecular weight excluding hydrogens is 685 g/mol. The lowest BCUT2D eigenvalue weighted by atomic mass is 9.93. The number of aromatic nitrogens is 1. The fraction of sp³-hybridized carbons (Fsp3) is 0. The molecule has 12 rings (SSSR count). The molecule has 0 fully saturated rings. The lowest BCUT2D eigenvalue weighted by Crippen LogP contribution is -2.09. The molecule has 56 heavy (non-hydrogen) atoms. The topological polar surface area (TPSA) is 34.5 Å². The smallest absolute Gasteiger partial charge is 0.138 e. The van der Waals surface area contributed by atoms with Gasteiger partial charge in [-0.15, -0.1) is 0 Å². The van der Waals surface area contributed by atoms with E-state index in [0.29, 0.717) is 0 Å². The molecule has 3 heterocycles. The molecule has 0 radical (unpaired) electrons. The molecule has 0 bridgehead atoms. The van der Waals surface area contributed by atoms with Gasteiger partial charge in [0.1, 0.15) is 22.3 Å². The predicted molar refractivity (Wildman–Crippen MR) is 233 cm³/mol. The van der Waals surface area contributed by atoms with E-state index in [1.165, 1.54) is 32.7 Å². The Balaban J connectivity index is 1.08. The number of benzene rings is 9. The van der Waals surface area contributed by atoms with Gasteiger partial charge in [-0.2, -0.15) is 0 Å². The van der Waals surface area contributed by atoms with Crippen molar-refractivity contribution in [3.8, 4) is 16.8 Å². The standard InChI is InChI=1S/C52H32N2O2/c1-2-14-36(15-3-1)53(39-28-29-48-43(31-39)40-16-7-10-20-46(40)55-48)37-24-26-38(27-25-37)54-44-19-9-6-17-41(44)51-45(54)32-49-52(42-18-8-11-21-47(42)56-49)50(51)35-23-22-33-12-4-5-13-34(33)30-35/h1-32H. The Bertz CT molecular complexity index is 3480. The summed E-state index contributed by atoms with van der Waals surface area (Å²) in [6.45, 7) is 0. The van der Waals surface area contributed by atoms with Crippen LogP contribution in [0.25, 0.3) is 93.3 Å². The minimum absolute atomic E-state index is 0.875. The van der Waals surface area contributed by atoms with Crippen molar-refractivity contribution in [3.05, 3.63) is 194 Å². The molecule has 0 N–H and O–H groups in total. The lowest BCUT2D eigenvalue weighted by Gasteiger charge is -2.26. The number of para-hydroxylation sites is 4. The second-order valence-electron chi connectivity index (χ2n) is 14.5. The highest BCUT2D eigenvalue weighted by Crippen LogP contribution is 2.47. The third kappa shape index (κ3) is 4.60. The van der Waals surface area contributed by atoms with E-state index in [2.05, 4.69) is 185 Å². The summed E-state index contributed by atoms with van der Waals surface area (Å²) in [5, 5.41) is 9.32. The number of rotatable bonds is 5. The Morgan fingerprint density at radius 1 is 0.357 bits per heavy atom. The number of hydrogen-bond acceptors (Lipinski definition) is 3. The maximum Gasteiger partial charge on any atom is 0.138 e. The zero-order chi connectivity index (χ0) is 36.7. The summed E-state index contributed by atoms with van der Waals surface area (Å²) < 4.78 is 15.3. The molecule has 4 heteroatoms. The lowest BCUT2D eigenvalue weighted by molar-refractivity contribution is 0.668. The Morgan fingerprint density at radius 2 is 0.982 bits per heavy atom. The van der Waals surface area contributed by atoms with E-state index in [9.17, 15) is 0 Å². The fourth-order valence-electron chi connectivity index (χ4n) is 8.87. The van der Waals surface area contributed by atoms with Gasteiger partial charge in [0.05, 0.1) is 11.0 Å². The molecule has 0 atom stereocenters. The summed E-state index contributed by atoms with van der Waals surface area (Å²) >= 11 is 0. The van der Waals surface area contributed by atoms with Gasteiger partial charge in [0, 0.05) is 66.7 Å². The SMILES string of the molecule is c1ccc(N(c2ccc(-n3c4ccccc4c4c(-c5ccc6ccccc6c5)c5c(cc43)oc3ccccc35)cc2)c2ccc3oc4ccccc4c3c2)cc1. The number of hydrogen-bond donors (Lipinski definition) is 0. The minimum atomic E-state index is 0.875. The third-order valence-electron chi connectivity index (χ3n) is 11.3. The fourth-order valence-corrected chi connectivity index (χ4v) is 8.87. The third-order valence-corrected chi connectivity index (χ3v) is 11.3. The summed E-state index contributed by atoms with van der Waals surface area (Å²) in [5.74, 6) is 0. The van der Waals surface area contributed by atoms with Gasteiger partial charge in [-0.05, 0) is 95.2 Å². The summed E-state index contributed by atoms with van der Waals surface area (Å²) in [6.07, 6.45) is 0. The second-order valence-corrected chi connectivity index (χ2v) is 14.5. The molecule has 9 aromatic carbocycles. The maximum atomic E-state index is 6.67. The van der Waals surface area contributed by atoms with E-state index in [1.807, 2.05) is 18.2 Å². The number of anilines is 3. The van der Waals surface area contributed by atoms with Gasteiger partial charge in [-0.1, -0.05) is 109 Å². The number of furan rings is 2. The highest BCUT2D eigenvalue weighted by molar-refractivity contribution is 6.27. The molecule has 0 spiro atoms. The number of fused-ring (bicyclic) bond motifs is 10. The highest BCUT2D eigenvalue weighted by Gasteiger charge is 2.23. The summed E-state index contributed by atoms with van der Waals surface area (Å²) in [6, 6.07) is 69.0. The van der Waals surface area contributed by atoms with Crippen molar-refractivity contribution in [2.45, 2.75) is 0 Å². The van der Waals surface area contributed by atoms with Crippen molar-refractivity contribution in [1.82, 2.24) is 4.57 Å². The van der Waals surface area contributed by atoms with Gasteiger partial charge < -0.3 is 18.3 Å². The molecule has 0 saturated carbocycles. The zero-order valence-corrected chi connectivity index (χ0v) is 30.2. The van der Waals surface area contributed by atoms with Crippen LogP contribution < -0.4 is 4.90 Å². The monoisotopic (exact) mass is 716 g/mol. The minimum Gasteiger partial charge on any atom is -0.456 e. The Kier molecular flexibility index (Phi) is 6.60. The van der Waals surface area contributed by atoms with Crippen LogP contribution in [0.1, 0.15) is 0 Å². The second kappa shape index (κ2) is 12.0. The average Bonchev–Trinajstić information content (AvgIpc) is 3.93. The van der Waals surface area contributed by atoms with Crippen LogP contribution in [0.3, 0.4) is 0 Å². The van der Waals surface area contributed by atoms with Crippen LogP contribution in [0.15, 0.2) is 203 Å². The molecule has 262 valence electrons. The van der Waals surface area contributed by atoms with Crippen molar-refractivity contribution in [2.75, 3.05) is 4.90 Å². The van der Waals surface area contributed by atoms with Crippen LogP contribution in [0.4, 0.5) is 17.1 Å². The van der Waals surface area contributed by atoms with E-state index in [0.717, 1.165) is 77.7 Å². The maximum absolute atomic E-state index is 6.67. The first-order valence-corrected chi connectivity index (χ1v) is 19.0. The molecule has 12 aromatic rings. The quantitative estimate of drug-likeness (QED) is 0.178. The first-order valence-electron chi connectivity index (χ1n) is 19.0. The van der Waals surface area contributed by atoms with E-state index in [-0.39, 0.29) is 0 Å². The Labute approximate surface area is 321 Å². The van der Waals surface area contributed by atoms with Crippen molar-refractivity contribution >= 4 is 93.5 Å². The van der Waals surface area contributed by atoms with Crippen molar-refractivity contribution in [1.29, 1.82) is 0 Å². The normalized spacial score (nSPS) is 11.9. The predicted octanol–water partition coefficient (Wildman–Crippen LogP) is 14.9. The molecule has 0 saturated heterocycles. The van der Waals surface area contributed by atoms with Gasteiger partial charge in [-0.3, -0.25) is 0 Å². The van der Waals surface area contributed by atoms with E-state index in [1.54, 1.807) is 0 Å². The van der Waals surface area contributed by atoms with Gasteiger partial charge >= 0.3 is 0 Å². The van der Waals surface area contributed by atoms with Gasteiger partial charge in [0.2, 0.25) is 0 Å². The van der Waals surface area contributed by atoms with Crippen molar-refractivity contribution in [2.24, 2.45) is 0 Å². The van der Waals surface area contributed by atoms with Crippen molar-refractivity contribution in [3.63, 3.8) is 0 Å². The van der Waals surface area contributed by atoms with Crippen LogP contribution >= 0.6 is 0 Å². The molecule has 0 amide bonds. The van der Waals surface area contributed by atoms with Crippen LogP contribution in [-0.2, 0) is 0 Å². The Hall–Kier alpha value is -7.56. The summed E-state index contributed by atoms with van der Waals surface area (Å²) in [5.41, 5.74) is 12.4. The largest absolute Gasteiger partial charge is 0.456 e.